The molecule has 0 saturated carbocycles. The number of benzene rings is 2. The van der Waals surface area contributed by atoms with Crippen molar-refractivity contribution in [2.45, 2.75) is 13.8 Å². The molecule has 4 rings (SSSR count). The molecule has 0 unspecified atom stereocenters. The largest absolute Gasteiger partial charge is 0.438 e. The maximum atomic E-state index is 6.24. The predicted molar refractivity (Wildman–Crippen MR) is 106 cm³/mol. The zero-order chi connectivity index (χ0) is 18.1. The first-order chi connectivity index (χ1) is 12.6. The van der Waals surface area contributed by atoms with Crippen LogP contribution in [-0.2, 0) is 0 Å². The SMILES string of the molecule is Cc1ccc(-c2cc(Cl)ccc2Oc2ccc3cnccc3n2)cc1C. The maximum Gasteiger partial charge on any atom is 0.219 e. The molecule has 4 aromatic rings. The van der Waals surface area contributed by atoms with Gasteiger partial charge in [-0.2, -0.15) is 0 Å². The summed E-state index contributed by atoms with van der Waals surface area (Å²) in [5.41, 5.74) is 5.33. The average Bonchev–Trinajstić information content (AvgIpc) is 2.65. The summed E-state index contributed by atoms with van der Waals surface area (Å²) < 4.78 is 6.11. The Hall–Kier alpha value is -2.91. The zero-order valence-electron chi connectivity index (χ0n) is 14.5. The summed E-state index contributed by atoms with van der Waals surface area (Å²) in [6.45, 7) is 4.20. The zero-order valence-corrected chi connectivity index (χ0v) is 15.3. The minimum atomic E-state index is 0.538. The summed E-state index contributed by atoms with van der Waals surface area (Å²) in [6.07, 6.45) is 3.51. The molecule has 0 radical (unpaired) electrons. The number of hydrogen-bond donors (Lipinski definition) is 0. The van der Waals surface area contributed by atoms with Gasteiger partial charge in [-0.3, -0.25) is 4.98 Å². The lowest BCUT2D eigenvalue weighted by Gasteiger charge is -2.13. The second-order valence-electron chi connectivity index (χ2n) is 6.26. The third kappa shape index (κ3) is 3.26. The van der Waals surface area contributed by atoms with Crippen LogP contribution in [0.25, 0.3) is 22.0 Å². The Balaban J connectivity index is 1.77. The summed E-state index contributed by atoms with van der Waals surface area (Å²) in [4.78, 5) is 8.67. The van der Waals surface area contributed by atoms with Gasteiger partial charge in [0.05, 0.1) is 5.52 Å². The van der Waals surface area contributed by atoms with Gasteiger partial charge in [-0.15, -0.1) is 0 Å². The van der Waals surface area contributed by atoms with Gasteiger partial charge in [-0.05, 0) is 60.9 Å². The number of hydrogen-bond acceptors (Lipinski definition) is 3. The Bertz CT molecular complexity index is 1110. The predicted octanol–water partition coefficient (Wildman–Crippen LogP) is 6.36. The summed E-state index contributed by atoms with van der Waals surface area (Å²) >= 11 is 6.24. The average molecular weight is 361 g/mol. The number of nitrogens with zero attached hydrogens (tertiary/aromatic N) is 2. The molecule has 0 fully saturated rings. The number of aryl methyl sites for hydroxylation is 2. The van der Waals surface area contributed by atoms with Crippen LogP contribution in [0.2, 0.25) is 5.02 Å². The van der Waals surface area contributed by atoms with Gasteiger partial charge in [0.15, 0.2) is 0 Å². The van der Waals surface area contributed by atoms with E-state index in [1.165, 1.54) is 11.1 Å². The highest BCUT2D eigenvalue weighted by Gasteiger charge is 2.11. The van der Waals surface area contributed by atoms with Gasteiger partial charge in [-0.1, -0.05) is 29.8 Å². The number of fused-ring (bicyclic) bond motifs is 1. The fourth-order valence-electron chi connectivity index (χ4n) is 2.84. The molecule has 0 atom stereocenters. The van der Waals surface area contributed by atoms with Crippen molar-refractivity contribution in [1.82, 2.24) is 9.97 Å². The molecule has 128 valence electrons. The van der Waals surface area contributed by atoms with E-state index < -0.39 is 0 Å². The lowest BCUT2D eigenvalue weighted by Crippen LogP contribution is -1.92. The first kappa shape index (κ1) is 16.6. The second kappa shape index (κ2) is 6.77. The molecular formula is C22H17ClN2O. The highest BCUT2D eigenvalue weighted by atomic mass is 35.5. The molecule has 0 spiro atoms. The number of ether oxygens (including phenoxy) is 1. The van der Waals surface area contributed by atoms with E-state index in [1.54, 1.807) is 12.4 Å². The molecule has 0 bridgehead atoms. The molecule has 0 saturated heterocycles. The minimum absolute atomic E-state index is 0.538. The Labute approximate surface area is 157 Å². The van der Waals surface area contributed by atoms with Crippen molar-refractivity contribution in [2.24, 2.45) is 0 Å². The third-order valence-electron chi connectivity index (χ3n) is 4.44. The Morgan fingerprint density at radius 2 is 1.77 bits per heavy atom. The third-order valence-corrected chi connectivity index (χ3v) is 4.67. The summed E-state index contributed by atoms with van der Waals surface area (Å²) in [5, 5.41) is 1.65. The van der Waals surface area contributed by atoms with Crippen LogP contribution in [0.5, 0.6) is 11.6 Å². The van der Waals surface area contributed by atoms with Gasteiger partial charge in [0.1, 0.15) is 5.75 Å². The molecule has 2 heterocycles. The van der Waals surface area contributed by atoms with E-state index in [9.17, 15) is 0 Å². The molecule has 0 aliphatic carbocycles. The van der Waals surface area contributed by atoms with E-state index >= 15 is 0 Å². The second-order valence-corrected chi connectivity index (χ2v) is 6.70. The van der Waals surface area contributed by atoms with Crippen LogP contribution < -0.4 is 4.74 Å². The standard InChI is InChI=1S/C22H17ClN2O/c1-14-3-4-16(11-15(14)2)19-12-18(23)6-7-21(19)26-22-8-5-17-13-24-10-9-20(17)25-22/h3-13H,1-2H3. The smallest absolute Gasteiger partial charge is 0.219 e. The Morgan fingerprint density at radius 3 is 2.62 bits per heavy atom. The van der Waals surface area contributed by atoms with E-state index in [0.29, 0.717) is 10.9 Å². The Morgan fingerprint density at radius 1 is 0.885 bits per heavy atom. The van der Waals surface area contributed by atoms with Gasteiger partial charge in [-0.25, -0.2) is 4.98 Å². The van der Waals surface area contributed by atoms with Crippen LogP contribution in [-0.4, -0.2) is 9.97 Å². The van der Waals surface area contributed by atoms with E-state index in [-0.39, 0.29) is 0 Å². The molecule has 0 N–H and O–H groups in total. The number of pyridine rings is 2. The van der Waals surface area contributed by atoms with Crippen molar-refractivity contribution in [3.05, 3.63) is 83.1 Å². The summed E-state index contributed by atoms with van der Waals surface area (Å²) in [6, 6.07) is 17.6. The molecule has 3 nitrogen and oxygen atoms in total. The van der Waals surface area contributed by atoms with Crippen LogP contribution in [0.1, 0.15) is 11.1 Å². The van der Waals surface area contributed by atoms with E-state index in [1.807, 2.05) is 36.4 Å². The molecule has 2 aromatic carbocycles. The fraction of sp³-hybridized carbons (Fsp3) is 0.0909. The minimum Gasteiger partial charge on any atom is -0.438 e. The normalized spacial score (nSPS) is 10.9. The molecule has 0 aliphatic heterocycles. The summed E-state index contributed by atoms with van der Waals surface area (Å²) in [7, 11) is 0. The molecule has 0 amide bonds. The number of rotatable bonds is 3. The van der Waals surface area contributed by atoms with Crippen molar-refractivity contribution in [3.8, 4) is 22.8 Å². The highest BCUT2D eigenvalue weighted by molar-refractivity contribution is 6.31. The fourth-order valence-corrected chi connectivity index (χ4v) is 3.01. The quantitative estimate of drug-likeness (QED) is 0.426. The highest BCUT2D eigenvalue weighted by Crippen LogP contribution is 2.36. The van der Waals surface area contributed by atoms with E-state index in [0.717, 1.165) is 27.8 Å². The molecular weight excluding hydrogens is 344 g/mol. The van der Waals surface area contributed by atoms with Crippen LogP contribution >= 0.6 is 11.6 Å². The van der Waals surface area contributed by atoms with Crippen molar-refractivity contribution in [3.63, 3.8) is 0 Å². The van der Waals surface area contributed by atoms with Gasteiger partial charge >= 0.3 is 0 Å². The van der Waals surface area contributed by atoms with Gasteiger partial charge in [0.2, 0.25) is 5.88 Å². The van der Waals surface area contributed by atoms with Crippen molar-refractivity contribution in [2.75, 3.05) is 0 Å². The van der Waals surface area contributed by atoms with Crippen molar-refractivity contribution < 1.29 is 4.74 Å². The lowest BCUT2D eigenvalue weighted by molar-refractivity contribution is 0.467. The maximum absolute atomic E-state index is 6.24. The van der Waals surface area contributed by atoms with E-state index in [4.69, 9.17) is 16.3 Å². The molecule has 0 aliphatic rings. The number of aromatic nitrogens is 2. The van der Waals surface area contributed by atoms with E-state index in [2.05, 4.69) is 42.0 Å². The van der Waals surface area contributed by atoms with Crippen molar-refractivity contribution in [1.29, 1.82) is 0 Å². The lowest BCUT2D eigenvalue weighted by atomic mass is 10.00. The molecule has 2 aromatic heterocycles. The number of halogens is 1. The first-order valence-corrected chi connectivity index (χ1v) is 8.74. The topological polar surface area (TPSA) is 35.0 Å². The van der Waals surface area contributed by atoms with Crippen LogP contribution in [0, 0.1) is 13.8 Å². The first-order valence-electron chi connectivity index (χ1n) is 8.36. The van der Waals surface area contributed by atoms with Gasteiger partial charge in [0.25, 0.3) is 0 Å². The summed E-state index contributed by atoms with van der Waals surface area (Å²) in [5.74, 6) is 1.26. The van der Waals surface area contributed by atoms with Crippen LogP contribution in [0.3, 0.4) is 0 Å². The monoisotopic (exact) mass is 360 g/mol. The van der Waals surface area contributed by atoms with Crippen LogP contribution in [0.4, 0.5) is 0 Å². The Kier molecular flexibility index (Phi) is 4.31. The van der Waals surface area contributed by atoms with Gasteiger partial charge in [0, 0.05) is 34.4 Å². The van der Waals surface area contributed by atoms with Crippen molar-refractivity contribution >= 4 is 22.5 Å². The molecule has 4 heteroatoms. The van der Waals surface area contributed by atoms with Crippen LogP contribution in [0.15, 0.2) is 67.0 Å². The molecule has 26 heavy (non-hydrogen) atoms. The van der Waals surface area contributed by atoms with Gasteiger partial charge < -0.3 is 4.74 Å².